The van der Waals surface area contributed by atoms with Crippen LogP contribution in [0.1, 0.15) is 18.4 Å². The summed E-state index contributed by atoms with van der Waals surface area (Å²) < 4.78 is 0. The molecule has 3 heterocycles. The van der Waals surface area contributed by atoms with Gasteiger partial charge >= 0.3 is 0 Å². The lowest BCUT2D eigenvalue weighted by atomic mass is 10.2. The van der Waals surface area contributed by atoms with Crippen LogP contribution in [0, 0.1) is 0 Å². The maximum Gasteiger partial charge on any atom is 0.232 e. The lowest BCUT2D eigenvalue weighted by molar-refractivity contribution is 0.647. The summed E-state index contributed by atoms with van der Waals surface area (Å²) in [6.07, 6.45) is 2.38. The van der Waals surface area contributed by atoms with Gasteiger partial charge in [-0.1, -0.05) is 48.0 Å². The van der Waals surface area contributed by atoms with E-state index < -0.39 is 0 Å². The monoisotopic (exact) mass is 507 g/mol. The Morgan fingerprint density at radius 2 is 1.40 bits per heavy atom. The first-order valence-corrected chi connectivity index (χ1v) is 12.9. The number of piperazine rings is 1. The molecule has 1 aromatic heterocycles. The summed E-state index contributed by atoms with van der Waals surface area (Å²) in [5, 5.41) is 7.61. The van der Waals surface area contributed by atoms with Crippen molar-refractivity contribution in [3.63, 3.8) is 0 Å². The Morgan fingerprint density at radius 1 is 0.800 bits per heavy atom. The first-order valence-electron chi connectivity index (χ1n) is 12.1. The van der Waals surface area contributed by atoms with E-state index in [4.69, 9.17) is 33.8 Å². The Morgan fingerprint density at radius 3 is 2.09 bits per heavy atom. The molecule has 7 nitrogen and oxygen atoms in total. The van der Waals surface area contributed by atoms with Gasteiger partial charge in [0.1, 0.15) is 11.6 Å². The zero-order valence-electron chi connectivity index (χ0n) is 19.7. The van der Waals surface area contributed by atoms with Crippen LogP contribution in [-0.4, -0.2) is 54.3 Å². The summed E-state index contributed by atoms with van der Waals surface area (Å²) in [5.41, 5.74) is 2.26. The van der Waals surface area contributed by atoms with Crippen LogP contribution in [0.25, 0.3) is 0 Å². The highest BCUT2D eigenvalue weighted by atomic mass is 35.5. The second-order valence-electron chi connectivity index (χ2n) is 8.81. The SMILES string of the molecule is S=C(NCc1ccccc1Cl)Nc1nc(N2CCCC2)cc(N2CCN(c3ccccc3)CC2)n1. The van der Waals surface area contributed by atoms with E-state index in [1.165, 1.54) is 18.5 Å². The Bertz CT molecular complexity index is 1150. The first-order chi connectivity index (χ1) is 17.2. The number of hydrogen-bond donors (Lipinski definition) is 2. The molecule has 182 valence electrons. The summed E-state index contributed by atoms with van der Waals surface area (Å²) in [7, 11) is 0. The van der Waals surface area contributed by atoms with Crippen molar-refractivity contribution in [2.45, 2.75) is 19.4 Å². The molecule has 0 bridgehead atoms. The van der Waals surface area contributed by atoms with Crippen molar-refractivity contribution in [2.24, 2.45) is 0 Å². The van der Waals surface area contributed by atoms with E-state index in [9.17, 15) is 0 Å². The highest BCUT2D eigenvalue weighted by Crippen LogP contribution is 2.26. The second kappa shape index (κ2) is 11.1. The van der Waals surface area contributed by atoms with Crippen molar-refractivity contribution in [1.29, 1.82) is 0 Å². The minimum atomic E-state index is 0.475. The molecule has 2 N–H and O–H groups in total. The predicted octanol–water partition coefficient (Wildman–Crippen LogP) is 4.54. The number of rotatable bonds is 6. The third-order valence-corrected chi connectivity index (χ3v) is 7.09. The molecule has 9 heteroatoms. The van der Waals surface area contributed by atoms with Crippen LogP contribution in [0.2, 0.25) is 5.02 Å². The normalized spacial score (nSPS) is 15.9. The van der Waals surface area contributed by atoms with Gasteiger partial charge in [0.05, 0.1) is 0 Å². The zero-order chi connectivity index (χ0) is 24.0. The molecule has 0 spiro atoms. The molecule has 2 aliphatic rings. The largest absolute Gasteiger partial charge is 0.368 e. The van der Waals surface area contributed by atoms with Crippen molar-refractivity contribution in [2.75, 3.05) is 59.3 Å². The van der Waals surface area contributed by atoms with Gasteiger partial charge in [0.25, 0.3) is 0 Å². The van der Waals surface area contributed by atoms with Crippen molar-refractivity contribution in [3.8, 4) is 0 Å². The summed E-state index contributed by atoms with van der Waals surface area (Å²) >= 11 is 11.8. The van der Waals surface area contributed by atoms with Gasteiger partial charge in [-0.25, -0.2) is 0 Å². The summed E-state index contributed by atoms with van der Waals surface area (Å²) in [6.45, 7) is 6.28. The highest BCUT2D eigenvalue weighted by Gasteiger charge is 2.22. The van der Waals surface area contributed by atoms with Crippen LogP contribution in [0.15, 0.2) is 60.7 Å². The molecule has 5 rings (SSSR count). The lowest BCUT2D eigenvalue weighted by Gasteiger charge is -2.37. The number of nitrogens with zero attached hydrogens (tertiary/aromatic N) is 5. The van der Waals surface area contributed by atoms with E-state index in [0.717, 1.165) is 56.5 Å². The van der Waals surface area contributed by atoms with E-state index in [1.54, 1.807) is 0 Å². The fraction of sp³-hybridized carbons (Fsp3) is 0.346. The van der Waals surface area contributed by atoms with Crippen molar-refractivity contribution >= 4 is 52.2 Å². The summed E-state index contributed by atoms with van der Waals surface area (Å²) in [5.74, 6) is 2.41. The van der Waals surface area contributed by atoms with Crippen LogP contribution in [-0.2, 0) is 6.54 Å². The number of thiocarbonyl (C=S) groups is 1. The molecule has 0 atom stereocenters. The molecule has 35 heavy (non-hydrogen) atoms. The van der Waals surface area contributed by atoms with E-state index in [2.05, 4.69) is 61.7 Å². The van der Waals surface area contributed by atoms with Crippen LogP contribution >= 0.6 is 23.8 Å². The minimum absolute atomic E-state index is 0.475. The smallest absolute Gasteiger partial charge is 0.232 e. The van der Waals surface area contributed by atoms with Gasteiger partial charge in [-0.05, 0) is 48.8 Å². The number of nitrogens with one attached hydrogen (secondary N) is 2. The van der Waals surface area contributed by atoms with Gasteiger partial charge < -0.3 is 25.3 Å². The molecule has 2 aromatic carbocycles. The topological polar surface area (TPSA) is 59.6 Å². The van der Waals surface area contributed by atoms with E-state index in [-0.39, 0.29) is 0 Å². The van der Waals surface area contributed by atoms with Crippen LogP contribution in [0.5, 0.6) is 0 Å². The van der Waals surface area contributed by atoms with Crippen LogP contribution in [0.3, 0.4) is 0 Å². The lowest BCUT2D eigenvalue weighted by Crippen LogP contribution is -2.47. The number of aromatic nitrogens is 2. The highest BCUT2D eigenvalue weighted by molar-refractivity contribution is 7.80. The average molecular weight is 508 g/mol. The third-order valence-electron chi connectivity index (χ3n) is 6.48. The molecule has 3 aromatic rings. The zero-order valence-corrected chi connectivity index (χ0v) is 21.2. The Hall–Kier alpha value is -3.10. The van der Waals surface area contributed by atoms with Crippen molar-refractivity contribution in [3.05, 3.63) is 71.2 Å². The van der Waals surface area contributed by atoms with Crippen molar-refractivity contribution < 1.29 is 0 Å². The number of hydrogen-bond acceptors (Lipinski definition) is 6. The Kier molecular flexibility index (Phi) is 7.49. The quantitative estimate of drug-likeness (QED) is 0.471. The number of benzene rings is 2. The average Bonchev–Trinajstić information content (AvgIpc) is 3.44. The van der Waals surface area contributed by atoms with Gasteiger partial charge in [-0.2, -0.15) is 9.97 Å². The molecule has 0 radical (unpaired) electrons. The molecule has 2 saturated heterocycles. The van der Waals surface area contributed by atoms with Gasteiger partial charge in [-0.15, -0.1) is 0 Å². The van der Waals surface area contributed by atoms with Gasteiger partial charge in [0.15, 0.2) is 5.11 Å². The predicted molar refractivity (Wildman–Crippen MR) is 149 cm³/mol. The minimum Gasteiger partial charge on any atom is -0.368 e. The summed E-state index contributed by atoms with van der Waals surface area (Å²) in [6, 6.07) is 20.4. The molecule has 0 saturated carbocycles. The maximum absolute atomic E-state index is 6.27. The van der Waals surface area contributed by atoms with Crippen LogP contribution in [0.4, 0.5) is 23.3 Å². The van der Waals surface area contributed by atoms with Crippen LogP contribution < -0.4 is 25.3 Å². The Labute approximate surface area is 217 Å². The summed E-state index contributed by atoms with van der Waals surface area (Å²) in [4.78, 5) is 16.7. The molecule has 2 aliphatic heterocycles. The second-order valence-corrected chi connectivity index (χ2v) is 9.63. The number of para-hydroxylation sites is 1. The fourth-order valence-electron chi connectivity index (χ4n) is 4.54. The van der Waals surface area contributed by atoms with Crippen molar-refractivity contribution in [1.82, 2.24) is 15.3 Å². The molecular formula is C26H30ClN7S. The molecule has 0 amide bonds. The van der Waals surface area contributed by atoms with Gasteiger partial charge in [-0.3, -0.25) is 0 Å². The number of halogens is 1. The standard InChI is InChI=1S/C26H30ClN7S/c27-22-11-5-4-8-20(22)19-28-26(35)31-25-29-23(33-12-6-7-13-33)18-24(30-25)34-16-14-32(15-17-34)21-9-2-1-3-10-21/h1-5,8-11,18H,6-7,12-17,19H2,(H2,28,29,30,31,35). The van der Waals surface area contributed by atoms with Gasteiger partial charge in [0.2, 0.25) is 5.95 Å². The fourth-order valence-corrected chi connectivity index (χ4v) is 4.91. The molecular weight excluding hydrogens is 478 g/mol. The maximum atomic E-state index is 6.27. The van der Waals surface area contributed by atoms with E-state index in [0.29, 0.717) is 22.6 Å². The third kappa shape index (κ3) is 5.94. The number of anilines is 4. The molecule has 0 aliphatic carbocycles. The van der Waals surface area contributed by atoms with E-state index in [1.807, 2.05) is 24.3 Å². The molecule has 2 fully saturated rings. The molecule has 0 unspecified atom stereocenters. The Balaban J connectivity index is 1.28. The first kappa shape index (κ1) is 23.6. The van der Waals surface area contributed by atoms with Gasteiger partial charge in [0, 0.05) is 62.6 Å². The van der Waals surface area contributed by atoms with E-state index >= 15 is 0 Å².